The first-order valence-electron chi connectivity index (χ1n) is 7.67. The predicted octanol–water partition coefficient (Wildman–Crippen LogP) is 1.44. The largest absolute Gasteiger partial charge is 0.486 e. The number of ether oxygens (including phenoxy) is 3. The van der Waals surface area contributed by atoms with Crippen LogP contribution >= 0.6 is 0 Å². The summed E-state index contributed by atoms with van der Waals surface area (Å²) >= 11 is 0. The fourth-order valence-corrected chi connectivity index (χ4v) is 2.95. The first kappa shape index (κ1) is 14.6. The van der Waals surface area contributed by atoms with Gasteiger partial charge in [-0.05, 0) is 31.7 Å². The summed E-state index contributed by atoms with van der Waals surface area (Å²) in [6, 6.07) is 6.51. The minimum Gasteiger partial charge on any atom is -0.486 e. The van der Waals surface area contributed by atoms with Gasteiger partial charge in [0.15, 0.2) is 11.5 Å². The van der Waals surface area contributed by atoms with E-state index in [1.54, 1.807) is 0 Å². The molecular formula is C16H24N2O3. The van der Waals surface area contributed by atoms with Gasteiger partial charge in [0.05, 0.1) is 12.7 Å². The lowest BCUT2D eigenvalue weighted by molar-refractivity contribution is -0.0208. The molecule has 5 nitrogen and oxygen atoms in total. The minimum atomic E-state index is 0.283. The third kappa shape index (κ3) is 3.48. The molecule has 3 rings (SSSR count). The Hall–Kier alpha value is -1.30. The number of nitrogens with zero attached hydrogens (tertiary/aromatic N) is 1. The van der Waals surface area contributed by atoms with Gasteiger partial charge in [0.1, 0.15) is 13.2 Å². The normalized spacial score (nSPS) is 23.8. The fourth-order valence-electron chi connectivity index (χ4n) is 2.95. The molecule has 2 unspecified atom stereocenters. The molecule has 1 N–H and O–H groups in total. The SMILES string of the molecule is CNC(CN1CCOC(C)C1)c1ccc2c(c1)OCCO2. The molecule has 2 aliphatic heterocycles. The van der Waals surface area contributed by atoms with Crippen molar-refractivity contribution in [2.45, 2.75) is 19.1 Å². The van der Waals surface area contributed by atoms with Crippen LogP contribution < -0.4 is 14.8 Å². The maximum Gasteiger partial charge on any atom is 0.161 e. The molecule has 0 aromatic heterocycles. The van der Waals surface area contributed by atoms with E-state index in [4.69, 9.17) is 14.2 Å². The predicted molar refractivity (Wildman–Crippen MR) is 81.1 cm³/mol. The van der Waals surface area contributed by atoms with Gasteiger partial charge in [-0.25, -0.2) is 0 Å². The van der Waals surface area contributed by atoms with E-state index in [-0.39, 0.29) is 6.04 Å². The second-order valence-electron chi connectivity index (χ2n) is 5.69. The molecule has 0 radical (unpaired) electrons. The first-order valence-corrected chi connectivity index (χ1v) is 7.67. The molecule has 2 heterocycles. The molecule has 1 aromatic rings. The summed E-state index contributed by atoms with van der Waals surface area (Å²) in [5.41, 5.74) is 1.24. The van der Waals surface area contributed by atoms with Crippen LogP contribution in [0.15, 0.2) is 18.2 Å². The van der Waals surface area contributed by atoms with Crippen LogP contribution in [0, 0.1) is 0 Å². The van der Waals surface area contributed by atoms with Crippen molar-refractivity contribution in [2.24, 2.45) is 0 Å². The van der Waals surface area contributed by atoms with Gasteiger partial charge in [0.2, 0.25) is 0 Å². The van der Waals surface area contributed by atoms with Crippen molar-refractivity contribution in [1.29, 1.82) is 0 Å². The molecule has 1 aromatic carbocycles. The van der Waals surface area contributed by atoms with Crippen LogP contribution in [0.3, 0.4) is 0 Å². The van der Waals surface area contributed by atoms with Gasteiger partial charge >= 0.3 is 0 Å². The first-order chi connectivity index (χ1) is 10.3. The summed E-state index contributed by atoms with van der Waals surface area (Å²) in [5, 5.41) is 3.41. The quantitative estimate of drug-likeness (QED) is 0.909. The van der Waals surface area contributed by atoms with E-state index in [0.717, 1.165) is 37.7 Å². The summed E-state index contributed by atoms with van der Waals surface area (Å²) in [6.45, 7) is 7.16. The molecule has 0 bridgehead atoms. The minimum absolute atomic E-state index is 0.283. The molecule has 21 heavy (non-hydrogen) atoms. The number of rotatable bonds is 4. The highest BCUT2D eigenvalue weighted by Gasteiger charge is 2.22. The van der Waals surface area contributed by atoms with Crippen molar-refractivity contribution in [3.63, 3.8) is 0 Å². The Bertz CT molecular complexity index is 481. The number of fused-ring (bicyclic) bond motifs is 1. The topological polar surface area (TPSA) is 43.0 Å². The summed E-state index contributed by atoms with van der Waals surface area (Å²) < 4.78 is 16.9. The summed E-state index contributed by atoms with van der Waals surface area (Å²) in [7, 11) is 2.01. The highest BCUT2D eigenvalue weighted by molar-refractivity contribution is 5.44. The van der Waals surface area contributed by atoms with Gasteiger partial charge in [-0.15, -0.1) is 0 Å². The standard InChI is InChI=1S/C16H24N2O3/c1-12-10-18(5-6-19-12)11-14(17-2)13-3-4-15-16(9-13)21-8-7-20-15/h3-4,9,12,14,17H,5-8,10-11H2,1-2H3. The number of likely N-dealkylation sites (N-methyl/N-ethyl adjacent to an activating group) is 1. The second-order valence-corrected chi connectivity index (χ2v) is 5.69. The monoisotopic (exact) mass is 292 g/mol. The molecule has 0 amide bonds. The van der Waals surface area contributed by atoms with E-state index in [1.165, 1.54) is 5.56 Å². The van der Waals surface area contributed by atoms with E-state index in [1.807, 2.05) is 13.1 Å². The van der Waals surface area contributed by atoms with Crippen molar-refractivity contribution in [2.75, 3.05) is 46.5 Å². The zero-order chi connectivity index (χ0) is 14.7. The highest BCUT2D eigenvalue weighted by atomic mass is 16.6. The van der Waals surface area contributed by atoms with Gasteiger partial charge < -0.3 is 19.5 Å². The Morgan fingerprint density at radius 3 is 2.81 bits per heavy atom. The van der Waals surface area contributed by atoms with E-state index in [0.29, 0.717) is 19.3 Å². The van der Waals surface area contributed by atoms with Crippen LogP contribution in [0.5, 0.6) is 11.5 Å². The molecule has 0 spiro atoms. The number of nitrogens with one attached hydrogen (secondary N) is 1. The number of hydrogen-bond donors (Lipinski definition) is 1. The zero-order valence-electron chi connectivity index (χ0n) is 12.8. The van der Waals surface area contributed by atoms with Gasteiger partial charge in [-0.2, -0.15) is 0 Å². The zero-order valence-corrected chi connectivity index (χ0v) is 12.8. The second kappa shape index (κ2) is 6.64. The Labute approximate surface area is 126 Å². The Kier molecular flexibility index (Phi) is 4.63. The molecule has 0 saturated carbocycles. The van der Waals surface area contributed by atoms with Crippen molar-refractivity contribution < 1.29 is 14.2 Å². The van der Waals surface area contributed by atoms with Crippen LogP contribution in [0.2, 0.25) is 0 Å². The van der Waals surface area contributed by atoms with Crippen LogP contribution in [-0.4, -0.2) is 57.5 Å². The van der Waals surface area contributed by atoms with E-state index >= 15 is 0 Å². The Morgan fingerprint density at radius 1 is 1.24 bits per heavy atom. The van der Waals surface area contributed by atoms with Crippen LogP contribution in [0.25, 0.3) is 0 Å². The van der Waals surface area contributed by atoms with Crippen LogP contribution in [-0.2, 0) is 4.74 Å². The Morgan fingerprint density at radius 2 is 2.05 bits per heavy atom. The van der Waals surface area contributed by atoms with Crippen molar-refractivity contribution in [1.82, 2.24) is 10.2 Å². The molecule has 5 heteroatoms. The lowest BCUT2D eigenvalue weighted by Gasteiger charge is -2.34. The average molecular weight is 292 g/mol. The van der Waals surface area contributed by atoms with Gasteiger partial charge in [0.25, 0.3) is 0 Å². The number of hydrogen-bond acceptors (Lipinski definition) is 5. The van der Waals surface area contributed by atoms with Crippen LogP contribution in [0.4, 0.5) is 0 Å². The van der Waals surface area contributed by atoms with E-state index in [2.05, 4.69) is 29.3 Å². The number of morpholine rings is 1. The van der Waals surface area contributed by atoms with E-state index in [9.17, 15) is 0 Å². The van der Waals surface area contributed by atoms with Crippen molar-refractivity contribution >= 4 is 0 Å². The van der Waals surface area contributed by atoms with Crippen molar-refractivity contribution in [3.05, 3.63) is 23.8 Å². The maximum absolute atomic E-state index is 5.68. The third-order valence-electron chi connectivity index (χ3n) is 4.08. The van der Waals surface area contributed by atoms with Crippen LogP contribution in [0.1, 0.15) is 18.5 Å². The average Bonchev–Trinajstić information content (AvgIpc) is 2.52. The number of benzene rings is 1. The lowest BCUT2D eigenvalue weighted by Crippen LogP contribution is -2.44. The summed E-state index contributed by atoms with van der Waals surface area (Å²) in [4.78, 5) is 2.45. The third-order valence-corrected chi connectivity index (χ3v) is 4.08. The molecule has 116 valence electrons. The molecule has 0 aliphatic carbocycles. The molecule has 2 aliphatic rings. The van der Waals surface area contributed by atoms with Gasteiger partial charge in [-0.3, -0.25) is 4.90 Å². The molecule has 1 fully saturated rings. The van der Waals surface area contributed by atoms with Crippen molar-refractivity contribution in [3.8, 4) is 11.5 Å². The molecule has 2 atom stereocenters. The summed E-state index contributed by atoms with van der Waals surface area (Å²) in [6.07, 6.45) is 0.316. The lowest BCUT2D eigenvalue weighted by atomic mass is 10.0. The Balaban J connectivity index is 1.70. The smallest absolute Gasteiger partial charge is 0.161 e. The molecular weight excluding hydrogens is 268 g/mol. The highest BCUT2D eigenvalue weighted by Crippen LogP contribution is 2.32. The van der Waals surface area contributed by atoms with Gasteiger partial charge in [0, 0.05) is 25.7 Å². The maximum atomic E-state index is 5.68. The van der Waals surface area contributed by atoms with Gasteiger partial charge in [-0.1, -0.05) is 6.07 Å². The summed E-state index contributed by atoms with van der Waals surface area (Å²) in [5.74, 6) is 1.70. The fraction of sp³-hybridized carbons (Fsp3) is 0.625. The molecule has 1 saturated heterocycles. The van der Waals surface area contributed by atoms with E-state index < -0.39 is 0 Å².